The minimum absolute atomic E-state index is 0.308. The maximum absolute atomic E-state index is 8.98. The minimum atomic E-state index is 0.308. The highest BCUT2D eigenvalue weighted by molar-refractivity contribution is 4.98. The van der Waals surface area contributed by atoms with Gasteiger partial charge in [-0.05, 0) is 31.1 Å². The van der Waals surface area contributed by atoms with Crippen molar-refractivity contribution in [3.05, 3.63) is 0 Å². The van der Waals surface area contributed by atoms with E-state index < -0.39 is 0 Å². The molecular weight excluding hydrogens is 126 g/mol. The normalized spacial score (nSPS) is 52.2. The van der Waals surface area contributed by atoms with Crippen LogP contribution in [-0.4, -0.2) is 17.8 Å². The monoisotopic (exact) mass is 141 g/mol. The number of rotatable bonds is 1. The van der Waals surface area contributed by atoms with Crippen molar-refractivity contribution >= 4 is 0 Å². The molecule has 4 atom stereocenters. The molecule has 2 aliphatic carbocycles. The first-order valence-corrected chi connectivity index (χ1v) is 4.19. The fourth-order valence-corrected chi connectivity index (χ4v) is 2.73. The molecular formula is C8H15NO. The molecule has 0 radical (unpaired) electrons. The largest absolute Gasteiger partial charge is 0.396 e. The lowest BCUT2D eigenvalue weighted by molar-refractivity contribution is 0.159. The molecule has 58 valence electrons. The lowest BCUT2D eigenvalue weighted by atomic mass is 9.86. The van der Waals surface area contributed by atoms with E-state index in [0.717, 1.165) is 11.8 Å². The van der Waals surface area contributed by atoms with Gasteiger partial charge in [0.25, 0.3) is 0 Å². The predicted octanol–water partition coefficient (Wildman–Crippen LogP) is 0.352. The van der Waals surface area contributed by atoms with Crippen molar-refractivity contribution in [1.29, 1.82) is 0 Å². The molecule has 0 unspecified atom stereocenters. The zero-order valence-corrected chi connectivity index (χ0v) is 6.16. The Morgan fingerprint density at radius 2 is 2.00 bits per heavy atom. The Morgan fingerprint density at radius 3 is 2.40 bits per heavy atom. The molecule has 0 aliphatic heterocycles. The minimum Gasteiger partial charge on any atom is -0.396 e. The molecule has 3 N–H and O–H groups in total. The average Bonchev–Trinajstić information content (AvgIpc) is 2.46. The van der Waals surface area contributed by atoms with Crippen molar-refractivity contribution in [1.82, 2.24) is 0 Å². The van der Waals surface area contributed by atoms with Gasteiger partial charge in [-0.25, -0.2) is 0 Å². The number of aliphatic hydroxyl groups is 1. The highest BCUT2D eigenvalue weighted by Crippen LogP contribution is 2.47. The summed E-state index contributed by atoms with van der Waals surface area (Å²) < 4.78 is 0. The van der Waals surface area contributed by atoms with Gasteiger partial charge in [-0.15, -0.1) is 0 Å². The van der Waals surface area contributed by atoms with Crippen molar-refractivity contribution in [3.8, 4) is 0 Å². The first-order valence-electron chi connectivity index (χ1n) is 4.19. The number of nitrogens with two attached hydrogens (primary N) is 1. The summed E-state index contributed by atoms with van der Waals surface area (Å²) in [7, 11) is 0. The maximum atomic E-state index is 8.98. The predicted molar refractivity (Wildman–Crippen MR) is 39.4 cm³/mol. The summed E-state index contributed by atoms with van der Waals surface area (Å²) in [5, 5.41) is 8.98. The van der Waals surface area contributed by atoms with E-state index >= 15 is 0 Å². The molecule has 0 heterocycles. The van der Waals surface area contributed by atoms with Gasteiger partial charge in [-0.3, -0.25) is 0 Å². The SMILES string of the molecule is N[C@@H]1[C@@H]2CC[C@@H](C2)[C@@H]1CO. The van der Waals surface area contributed by atoms with Crippen LogP contribution in [0.4, 0.5) is 0 Å². The van der Waals surface area contributed by atoms with E-state index in [9.17, 15) is 0 Å². The van der Waals surface area contributed by atoms with Crippen LogP contribution in [0, 0.1) is 17.8 Å². The third kappa shape index (κ3) is 0.722. The van der Waals surface area contributed by atoms with Gasteiger partial charge in [0.2, 0.25) is 0 Å². The second-order valence-corrected chi connectivity index (χ2v) is 3.76. The third-order valence-electron chi connectivity index (χ3n) is 3.37. The van der Waals surface area contributed by atoms with Crippen molar-refractivity contribution in [2.75, 3.05) is 6.61 Å². The number of hydrogen-bond donors (Lipinski definition) is 2. The van der Waals surface area contributed by atoms with Gasteiger partial charge in [0.15, 0.2) is 0 Å². The standard InChI is InChI=1S/C8H15NO/c9-8-6-2-1-5(3-6)7(8)4-10/h5-8,10H,1-4,9H2/t5-,6+,7-,8+/m0/s1. The van der Waals surface area contributed by atoms with Gasteiger partial charge in [0.05, 0.1) is 0 Å². The van der Waals surface area contributed by atoms with E-state index in [2.05, 4.69) is 0 Å². The zero-order chi connectivity index (χ0) is 7.14. The second kappa shape index (κ2) is 2.21. The van der Waals surface area contributed by atoms with Crippen LogP contribution in [-0.2, 0) is 0 Å². The third-order valence-corrected chi connectivity index (χ3v) is 3.37. The molecule has 2 fully saturated rings. The first-order chi connectivity index (χ1) is 4.83. The molecule has 2 saturated carbocycles. The fraction of sp³-hybridized carbons (Fsp3) is 1.00. The van der Waals surface area contributed by atoms with Crippen LogP contribution in [0.1, 0.15) is 19.3 Å². The number of hydrogen-bond acceptors (Lipinski definition) is 2. The van der Waals surface area contributed by atoms with Crippen LogP contribution in [0.25, 0.3) is 0 Å². The van der Waals surface area contributed by atoms with Gasteiger partial charge in [0.1, 0.15) is 0 Å². The van der Waals surface area contributed by atoms with Crippen molar-refractivity contribution in [2.45, 2.75) is 25.3 Å². The van der Waals surface area contributed by atoms with Crippen LogP contribution in [0.5, 0.6) is 0 Å². The highest BCUT2D eigenvalue weighted by Gasteiger charge is 2.44. The maximum Gasteiger partial charge on any atom is 0.0476 e. The summed E-state index contributed by atoms with van der Waals surface area (Å²) in [5.41, 5.74) is 5.91. The Bertz CT molecular complexity index is 135. The molecule has 0 aromatic heterocycles. The van der Waals surface area contributed by atoms with E-state index in [0.29, 0.717) is 18.6 Å². The summed E-state index contributed by atoms with van der Waals surface area (Å²) in [6.07, 6.45) is 3.90. The Hall–Kier alpha value is -0.0800. The lowest BCUT2D eigenvalue weighted by Gasteiger charge is -2.25. The number of aliphatic hydroxyl groups excluding tert-OH is 1. The Labute approximate surface area is 61.4 Å². The van der Waals surface area contributed by atoms with Crippen LogP contribution in [0.15, 0.2) is 0 Å². The van der Waals surface area contributed by atoms with Crippen LogP contribution >= 0.6 is 0 Å². The Morgan fingerprint density at radius 1 is 1.30 bits per heavy atom. The first kappa shape index (κ1) is 6.62. The van der Waals surface area contributed by atoms with E-state index in [1.54, 1.807) is 0 Å². The molecule has 2 bridgehead atoms. The van der Waals surface area contributed by atoms with Crippen molar-refractivity contribution < 1.29 is 5.11 Å². The summed E-state index contributed by atoms with van der Waals surface area (Å²) in [6, 6.07) is 0.309. The molecule has 2 aliphatic rings. The van der Waals surface area contributed by atoms with Crippen LogP contribution in [0.2, 0.25) is 0 Å². The van der Waals surface area contributed by atoms with Gasteiger partial charge in [-0.2, -0.15) is 0 Å². The molecule has 0 amide bonds. The van der Waals surface area contributed by atoms with Gasteiger partial charge in [0, 0.05) is 18.6 Å². The zero-order valence-electron chi connectivity index (χ0n) is 6.16. The highest BCUT2D eigenvalue weighted by atomic mass is 16.3. The molecule has 2 nitrogen and oxygen atoms in total. The van der Waals surface area contributed by atoms with Gasteiger partial charge in [-0.1, -0.05) is 0 Å². The quantitative estimate of drug-likeness (QED) is 0.553. The fourth-order valence-electron chi connectivity index (χ4n) is 2.73. The van der Waals surface area contributed by atoms with E-state index in [1.165, 1.54) is 19.3 Å². The molecule has 2 heteroatoms. The number of fused-ring (bicyclic) bond motifs is 2. The lowest BCUT2D eigenvalue weighted by Crippen LogP contribution is -2.37. The van der Waals surface area contributed by atoms with Crippen LogP contribution in [0.3, 0.4) is 0 Å². The van der Waals surface area contributed by atoms with E-state index in [4.69, 9.17) is 10.8 Å². The van der Waals surface area contributed by atoms with E-state index in [-0.39, 0.29) is 0 Å². The van der Waals surface area contributed by atoms with Crippen molar-refractivity contribution in [3.63, 3.8) is 0 Å². The average molecular weight is 141 g/mol. The van der Waals surface area contributed by atoms with Crippen LogP contribution < -0.4 is 5.73 Å². The summed E-state index contributed by atoms with van der Waals surface area (Å²) in [6.45, 7) is 0.308. The summed E-state index contributed by atoms with van der Waals surface area (Å²) >= 11 is 0. The molecule has 0 saturated heterocycles. The second-order valence-electron chi connectivity index (χ2n) is 3.76. The molecule has 0 aromatic carbocycles. The smallest absolute Gasteiger partial charge is 0.0476 e. The Balaban J connectivity index is 2.10. The Kier molecular flexibility index (Phi) is 1.46. The topological polar surface area (TPSA) is 46.2 Å². The molecule has 2 rings (SSSR count). The van der Waals surface area contributed by atoms with Gasteiger partial charge >= 0.3 is 0 Å². The molecule has 0 aromatic rings. The summed E-state index contributed by atoms with van der Waals surface area (Å²) in [5.74, 6) is 1.92. The van der Waals surface area contributed by atoms with Gasteiger partial charge < -0.3 is 10.8 Å². The van der Waals surface area contributed by atoms with Crippen molar-refractivity contribution in [2.24, 2.45) is 23.5 Å². The molecule has 10 heavy (non-hydrogen) atoms. The molecule has 0 spiro atoms. The summed E-state index contributed by atoms with van der Waals surface area (Å²) in [4.78, 5) is 0. The van der Waals surface area contributed by atoms with E-state index in [1.807, 2.05) is 0 Å².